The summed E-state index contributed by atoms with van der Waals surface area (Å²) in [6.45, 7) is 2.26. The van der Waals surface area contributed by atoms with Gasteiger partial charge in [-0.1, -0.05) is 19.1 Å². The van der Waals surface area contributed by atoms with E-state index in [0.717, 1.165) is 6.07 Å². The Balaban J connectivity index is 1.64. The summed E-state index contributed by atoms with van der Waals surface area (Å²) in [6, 6.07) is 10.1. The Bertz CT molecular complexity index is 1290. The number of methoxy groups -OCH3 is 1. The summed E-state index contributed by atoms with van der Waals surface area (Å²) in [5, 5.41) is 0. The van der Waals surface area contributed by atoms with Gasteiger partial charge in [0.25, 0.3) is 0 Å². The van der Waals surface area contributed by atoms with Crippen molar-refractivity contribution in [3.05, 3.63) is 48.3 Å². The van der Waals surface area contributed by atoms with Gasteiger partial charge in [0.15, 0.2) is 0 Å². The number of anilines is 2. The fourth-order valence-electron chi connectivity index (χ4n) is 4.10. The van der Waals surface area contributed by atoms with Crippen molar-refractivity contribution in [2.45, 2.75) is 11.8 Å². The van der Waals surface area contributed by atoms with Crippen LogP contribution in [0.3, 0.4) is 0 Å². The fourth-order valence-corrected chi connectivity index (χ4v) is 7.51. The lowest BCUT2D eigenvalue weighted by Crippen LogP contribution is -2.49. The van der Waals surface area contributed by atoms with E-state index in [1.54, 1.807) is 23.1 Å². The van der Waals surface area contributed by atoms with Crippen LogP contribution in [0.5, 0.6) is 5.75 Å². The third kappa shape index (κ3) is 4.18. The first-order valence-corrected chi connectivity index (χ1v) is 13.4. The molecule has 4 rings (SSSR count). The molecule has 2 aromatic carbocycles. The summed E-state index contributed by atoms with van der Waals surface area (Å²) in [5.41, 5.74) is 0.356. The van der Waals surface area contributed by atoms with E-state index in [-0.39, 0.29) is 54.1 Å². The molecule has 1 amide bonds. The quantitative estimate of drug-likeness (QED) is 0.619. The Morgan fingerprint density at radius 2 is 1.73 bits per heavy atom. The molecule has 9 nitrogen and oxygen atoms in total. The van der Waals surface area contributed by atoms with Crippen molar-refractivity contribution < 1.29 is 30.8 Å². The molecule has 2 fully saturated rings. The van der Waals surface area contributed by atoms with Gasteiger partial charge in [0.1, 0.15) is 16.5 Å². The molecule has 0 bridgehead atoms. The monoisotopic (exact) mass is 497 g/mol. The molecule has 0 unspecified atom stereocenters. The molecule has 12 heteroatoms. The minimum absolute atomic E-state index is 0.0346. The number of sulfonamides is 2. The number of ether oxygens (including phenoxy) is 1. The average Bonchev–Trinajstić information content (AvgIpc) is 3.00. The van der Waals surface area contributed by atoms with Crippen LogP contribution in [0.25, 0.3) is 0 Å². The molecular weight excluding hydrogens is 473 g/mol. The Kier molecular flexibility index (Phi) is 6.10. The lowest BCUT2D eigenvalue weighted by atomic mass is 10.2. The van der Waals surface area contributed by atoms with Crippen LogP contribution in [0, 0.1) is 11.7 Å². The van der Waals surface area contributed by atoms with Crippen LogP contribution in [0.4, 0.5) is 15.8 Å². The summed E-state index contributed by atoms with van der Waals surface area (Å²) in [6.07, 6.45) is 0. The van der Waals surface area contributed by atoms with Crippen molar-refractivity contribution in [1.82, 2.24) is 4.31 Å². The third-order valence-corrected chi connectivity index (χ3v) is 9.58. The van der Waals surface area contributed by atoms with Crippen molar-refractivity contribution in [2.24, 2.45) is 5.92 Å². The van der Waals surface area contributed by atoms with Crippen LogP contribution in [0.15, 0.2) is 47.4 Å². The summed E-state index contributed by atoms with van der Waals surface area (Å²) < 4.78 is 73.1. The zero-order valence-corrected chi connectivity index (χ0v) is 19.8. The average molecular weight is 498 g/mol. The number of benzene rings is 2. The van der Waals surface area contributed by atoms with Crippen molar-refractivity contribution in [1.29, 1.82) is 0 Å². The molecule has 0 aromatic heterocycles. The molecule has 2 saturated heterocycles. The van der Waals surface area contributed by atoms with E-state index < -0.39 is 31.9 Å². The molecule has 0 spiro atoms. The standard InChI is InChI=1S/C21H24FN3O6S2/c1-15-14-32(27,28)25(21(15)26)16-7-8-19(31-2)20(13-16)33(29,30)24-11-9-23(10-12-24)18-6-4-3-5-17(18)22/h3-8,13,15H,9-12,14H2,1-2H3/t15-/m0/s1. The maximum Gasteiger partial charge on any atom is 0.246 e. The van der Waals surface area contributed by atoms with Crippen LogP contribution in [0.2, 0.25) is 0 Å². The summed E-state index contributed by atoms with van der Waals surface area (Å²) in [4.78, 5) is 14.0. The fraction of sp³-hybridized carbons (Fsp3) is 0.381. The molecule has 2 aliphatic rings. The Hall–Kier alpha value is -2.70. The number of carbonyl (C=O) groups excluding carboxylic acids is 1. The minimum Gasteiger partial charge on any atom is -0.495 e. The summed E-state index contributed by atoms with van der Waals surface area (Å²) >= 11 is 0. The van der Waals surface area contributed by atoms with Gasteiger partial charge < -0.3 is 9.64 Å². The second-order valence-electron chi connectivity index (χ2n) is 7.96. The van der Waals surface area contributed by atoms with Crippen LogP contribution in [0.1, 0.15) is 6.92 Å². The highest BCUT2D eigenvalue weighted by Crippen LogP contribution is 2.35. The lowest BCUT2D eigenvalue weighted by molar-refractivity contribution is -0.119. The normalized spacial score (nSPS) is 21.4. The number of piperazine rings is 1. The largest absolute Gasteiger partial charge is 0.495 e. The summed E-state index contributed by atoms with van der Waals surface area (Å²) in [5.74, 6) is -2.01. The highest BCUT2D eigenvalue weighted by atomic mass is 32.2. The van der Waals surface area contributed by atoms with Gasteiger partial charge in [0.05, 0.1) is 30.2 Å². The van der Waals surface area contributed by atoms with Gasteiger partial charge in [0, 0.05) is 26.2 Å². The van der Waals surface area contributed by atoms with E-state index in [4.69, 9.17) is 4.74 Å². The zero-order chi connectivity index (χ0) is 24.0. The molecule has 2 heterocycles. The van der Waals surface area contributed by atoms with Crippen LogP contribution < -0.4 is 13.9 Å². The van der Waals surface area contributed by atoms with Crippen LogP contribution in [-0.2, 0) is 24.8 Å². The highest BCUT2D eigenvalue weighted by molar-refractivity contribution is 7.94. The number of halogens is 1. The minimum atomic E-state index is -4.09. The highest BCUT2D eigenvalue weighted by Gasteiger charge is 2.43. The molecule has 0 saturated carbocycles. The molecule has 0 N–H and O–H groups in total. The second kappa shape index (κ2) is 8.58. The Morgan fingerprint density at radius 1 is 1.06 bits per heavy atom. The first-order valence-electron chi connectivity index (χ1n) is 10.3. The maximum atomic E-state index is 14.1. The van der Waals surface area contributed by atoms with E-state index >= 15 is 0 Å². The topological polar surface area (TPSA) is 104 Å². The predicted molar refractivity (Wildman–Crippen MR) is 121 cm³/mol. The third-order valence-electron chi connectivity index (χ3n) is 5.79. The first-order chi connectivity index (χ1) is 15.6. The number of amides is 1. The number of nitrogens with zero attached hydrogens (tertiary/aromatic N) is 3. The van der Waals surface area contributed by atoms with Gasteiger partial charge >= 0.3 is 0 Å². The van der Waals surface area contributed by atoms with Crippen molar-refractivity contribution in [3.8, 4) is 5.75 Å². The number of hydrogen-bond donors (Lipinski definition) is 0. The Labute approximate surface area is 192 Å². The molecular formula is C21H24FN3O6S2. The first kappa shape index (κ1) is 23.5. The van der Waals surface area contributed by atoms with Crippen LogP contribution >= 0.6 is 0 Å². The van der Waals surface area contributed by atoms with E-state index in [1.807, 2.05) is 0 Å². The van der Waals surface area contributed by atoms with Crippen molar-refractivity contribution in [3.63, 3.8) is 0 Å². The maximum absolute atomic E-state index is 14.1. The van der Waals surface area contributed by atoms with Gasteiger partial charge in [-0.3, -0.25) is 4.79 Å². The smallest absolute Gasteiger partial charge is 0.246 e. The molecule has 2 aliphatic heterocycles. The number of rotatable bonds is 5. The van der Waals surface area contributed by atoms with Gasteiger partial charge in [-0.15, -0.1) is 0 Å². The van der Waals surface area contributed by atoms with Crippen LogP contribution in [-0.4, -0.2) is 66.1 Å². The zero-order valence-electron chi connectivity index (χ0n) is 18.1. The predicted octanol–water partition coefficient (Wildman–Crippen LogP) is 1.66. The van der Waals surface area contributed by atoms with Crippen molar-refractivity contribution in [2.75, 3.05) is 48.2 Å². The molecule has 33 heavy (non-hydrogen) atoms. The van der Waals surface area contributed by atoms with Gasteiger partial charge in [-0.05, 0) is 30.3 Å². The van der Waals surface area contributed by atoms with Gasteiger partial charge in [-0.2, -0.15) is 4.31 Å². The lowest BCUT2D eigenvalue weighted by Gasteiger charge is -2.35. The van der Waals surface area contributed by atoms with E-state index in [2.05, 4.69) is 0 Å². The van der Waals surface area contributed by atoms with Gasteiger partial charge in [-0.25, -0.2) is 25.5 Å². The van der Waals surface area contributed by atoms with Crippen molar-refractivity contribution >= 4 is 37.3 Å². The van der Waals surface area contributed by atoms with E-state index in [0.29, 0.717) is 9.99 Å². The number of para-hydroxylation sites is 1. The van der Waals surface area contributed by atoms with E-state index in [9.17, 15) is 26.0 Å². The number of carbonyl (C=O) groups is 1. The summed E-state index contributed by atoms with van der Waals surface area (Å²) in [7, 11) is -6.67. The second-order valence-corrected chi connectivity index (χ2v) is 11.7. The Morgan fingerprint density at radius 3 is 2.30 bits per heavy atom. The van der Waals surface area contributed by atoms with Gasteiger partial charge in [0.2, 0.25) is 26.0 Å². The molecule has 178 valence electrons. The molecule has 0 aliphatic carbocycles. The molecule has 1 atom stereocenters. The molecule has 0 radical (unpaired) electrons. The molecule has 2 aromatic rings. The van der Waals surface area contributed by atoms with E-state index in [1.165, 1.54) is 36.5 Å². The number of hydrogen-bond acceptors (Lipinski definition) is 7. The SMILES string of the molecule is COc1ccc(N2C(=O)[C@@H](C)CS2(=O)=O)cc1S(=O)(=O)N1CCN(c2ccccc2F)CC1.